The van der Waals surface area contributed by atoms with E-state index in [0.29, 0.717) is 43.2 Å². The highest BCUT2D eigenvalue weighted by Crippen LogP contribution is 2.47. The van der Waals surface area contributed by atoms with Crippen LogP contribution in [-0.2, 0) is 68.6 Å². The lowest BCUT2D eigenvalue weighted by atomic mass is 10.1. The first-order chi connectivity index (χ1) is 31.7. The van der Waals surface area contributed by atoms with Crippen LogP contribution in [-0.4, -0.2) is 126 Å². The smallest absolute Gasteiger partial charge is 0.265 e. The standard InChI is InChI=1S/C16H15Cl2N3O3S.C14H16Cl2N2O4S.C11H12Cl2N2O4S/c1-21(9-6-11-4-7-19-8-5-11)25(23,24)12-2-3-14-13(10-12)16(17,18)15(22)20-14;1-22-8-9-3-2-6-18(9)23(20,21)10-4-5-12-11(7-10)14(15,16)13(19)17-12;1-15(4-5-16)20(18,19)7-2-3-9-8(6-7)11(12,13)10(17)14-9/h2-5,7-8,10H,6,9H2,1H3,(H,20,22);4-5,7,9H,2-3,6,8H2,1H3,(H,17,19);2-3,6,16H,4-5H2,1H3,(H,14,17). The van der Waals surface area contributed by atoms with Gasteiger partial charge in [0.1, 0.15) is 0 Å². The van der Waals surface area contributed by atoms with Crippen LogP contribution in [0, 0.1) is 0 Å². The molecule has 4 aliphatic heterocycles. The van der Waals surface area contributed by atoms with Gasteiger partial charge >= 0.3 is 0 Å². The van der Waals surface area contributed by atoms with E-state index in [4.69, 9.17) is 79.4 Å². The van der Waals surface area contributed by atoms with Crippen LogP contribution >= 0.6 is 69.6 Å². The van der Waals surface area contributed by atoms with E-state index < -0.39 is 60.8 Å². The molecule has 0 saturated carbocycles. The predicted octanol–water partition coefficient (Wildman–Crippen LogP) is 5.48. The molecule has 4 aromatic rings. The Balaban J connectivity index is 0.000000169. The Hall–Kier alpha value is -3.39. The minimum Gasteiger partial charge on any atom is -0.395 e. The number of pyridine rings is 1. The minimum absolute atomic E-state index is 0.0330. The lowest BCUT2D eigenvalue weighted by molar-refractivity contribution is -0.117. The van der Waals surface area contributed by atoms with Gasteiger partial charge in [0.25, 0.3) is 17.7 Å². The number of nitrogens with zero attached hydrogens (tertiary/aromatic N) is 4. The molecule has 3 aromatic carbocycles. The van der Waals surface area contributed by atoms with Crippen LogP contribution in [0.3, 0.4) is 0 Å². The van der Waals surface area contributed by atoms with Crippen molar-refractivity contribution in [3.8, 4) is 0 Å². The molecule has 0 radical (unpaired) electrons. The molecule has 0 spiro atoms. The van der Waals surface area contributed by atoms with E-state index in [2.05, 4.69) is 20.9 Å². The molecule has 27 heteroatoms. The van der Waals surface area contributed by atoms with Crippen molar-refractivity contribution in [3.63, 3.8) is 0 Å². The lowest BCUT2D eigenvalue weighted by Crippen LogP contribution is -2.38. The maximum Gasteiger partial charge on any atom is 0.265 e. The number of aromatic nitrogens is 1. The number of nitrogens with one attached hydrogen (secondary N) is 3. The number of aliphatic hydroxyl groups excluding tert-OH is 1. The number of alkyl halides is 6. The number of fused-ring (bicyclic) bond motifs is 3. The molecule has 1 saturated heterocycles. The summed E-state index contributed by atoms with van der Waals surface area (Å²) in [5.41, 5.74) is 2.90. The monoisotopic (exact) mass is 1120 g/mol. The maximum atomic E-state index is 12.9. The van der Waals surface area contributed by atoms with Gasteiger partial charge in [-0.1, -0.05) is 69.6 Å². The van der Waals surface area contributed by atoms with Crippen LogP contribution in [0.1, 0.15) is 35.1 Å². The van der Waals surface area contributed by atoms with E-state index >= 15 is 0 Å². The van der Waals surface area contributed by atoms with Gasteiger partial charge in [-0.25, -0.2) is 29.6 Å². The maximum absolute atomic E-state index is 12.9. The zero-order valence-corrected chi connectivity index (χ0v) is 43.0. The SMILES string of the molecule is CN(CCO)S(=O)(=O)c1ccc2c(c1)C(Cl)(Cl)C(=O)N2.CN(CCc1ccncc1)S(=O)(=O)c1ccc2c(c1)C(Cl)(Cl)C(=O)N2.COCC1CCCN1S(=O)(=O)c1ccc2c(c1)C(Cl)(Cl)C(=O)N2. The first-order valence-electron chi connectivity index (χ1n) is 20.2. The number of anilines is 3. The van der Waals surface area contributed by atoms with Crippen molar-refractivity contribution < 1.29 is 49.5 Å². The number of rotatable bonds is 13. The number of methoxy groups -OCH3 is 1. The highest BCUT2D eigenvalue weighted by atomic mass is 35.5. The molecular formula is C41H43Cl6N7O11S3. The lowest BCUT2D eigenvalue weighted by Gasteiger charge is -2.24. The molecule has 4 N–H and O–H groups in total. The summed E-state index contributed by atoms with van der Waals surface area (Å²) in [4.78, 5) is 39.1. The van der Waals surface area contributed by atoms with Gasteiger partial charge in [0.2, 0.25) is 43.1 Å². The third kappa shape index (κ3) is 10.8. The quantitative estimate of drug-likeness (QED) is 0.122. The van der Waals surface area contributed by atoms with E-state index in [1.54, 1.807) is 19.5 Å². The number of likely N-dealkylation sites (N-methyl/N-ethyl adjacent to an activating group) is 2. The zero-order chi connectivity index (χ0) is 50.2. The fourth-order valence-electron chi connectivity index (χ4n) is 7.32. The van der Waals surface area contributed by atoms with Crippen LogP contribution in [0.4, 0.5) is 17.1 Å². The molecule has 18 nitrogen and oxygen atoms in total. The Labute approximate surface area is 423 Å². The van der Waals surface area contributed by atoms with Crippen LogP contribution in [0.2, 0.25) is 0 Å². The second-order valence-electron chi connectivity index (χ2n) is 15.6. The third-order valence-corrected chi connectivity index (χ3v) is 19.1. The van der Waals surface area contributed by atoms with Crippen molar-refractivity contribution in [1.29, 1.82) is 0 Å². The number of amides is 3. The fourth-order valence-corrected chi connectivity index (χ4v) is 12.6. The fraction of sp³-hybridized carbons (Fsp3) is 0.366. The van der Waals surface area contributed by atoms with Gasteiger partial charge in [-0.3, -0.25) is 19.4 Å². The Kier molecular flexibility index (Phi) is 16.5. The summed E-state index contributed by atoms with van der Waals surface area (Å²) in [7, 11) is -6.82. The van der Waals surface area contributed by atoms with Gasteiger partial charge in [0.15, 0.2) is 0 Å². The number of carbonyl (C=O) groups is 3. The van der Waals surface area contributed by atoms with Crippen molar-refractivity contribution in [3.05, 3.63) is 101 Å². The number of aliphatic hydroxyl groups is 1. The zero-order valence-electron chi connectivity index (χ0n) is 36.1. The van der Waals surface area contributed by atoms with Crippen molar-refractivity contribution in [2.24, 2.45) is 0 Å². The first kappa shape index (κ1) is 54.0. The number of benzene rings is 3. The predicted molar refractivity (Wildman–Crippen MR) is 259 cm³/mol. The second-order valence-corrected chi connectivity index (χ2v) is 25.5. The Bertz CT molecular complexity index is 2950. The summed E-state index contributed by atoms with van der Waals surface area (Å²) < 4.78 is 79.2. The molecule has 4 aliphatic rings. The van der Waals surface area contributed by atoms with E-state index in [1.807, 2.05) is 12.1 Å². The molecule has 1 atom stereocenters. The molecule has 8 rings (SSSR count). The Morgan fingerprint density at radius 1 is 0.676 bits per heavy atom. The first-order valence-corrected chi connectivity index (χ1v) is 26.8. The molecule has 1 unspecified atom stereocenters. The summed E-state index contributed by atoms with van der Waals surface area (Å²) >= 11 is 36.0. The Morgan fingerprint density at radius 2 is 1.09 bits per heavy atom. The van der Waals surface area contributed by atoms with Crippen LogP contribution in [0.5, 0.6) is 0 Å². The average Bonchev–Trinajstić information content (AvgIpc) is 3.99. The second kappa shape index (κ2) is 20.8. The summed E-state index contributed by atoms with van der Waals surface area (Å²) in [6, 6.07) is 16.1. The Morgan fingerprint density at radius 3 is 1.51 bits per heavy atom. The topological polar surface area (TPSA) is 242 Å². The summed E-state index contributed by atoms with van der Waals surface area (Å²) in [6.07, 6.45) is 5.42. The van der Waals surface area contributed by atoms with Gasteiger partial charge < -0.3 is 25.8 Å². The number of hydrogen-bond acceptors (Lipinski definition) is 12. The van der Waals surface area contributed by atoms with Crippen LogP contribution < -0.4 is 16.0 Å². The summed E-state index contributed by atoms with van der Waals surface area (Å²) in [6.45, 7) is 0.753. The third-order valence-electron chi connectivity index (χ3n) is 11.2. The van der Waals surface area contributed by atoms with E-state index in [1.165, 1.54) is 77.3 Å². The number of ether oxygens (including phenoxy) is 1. The molecule has 1 fully saturated rings. The van der Waals surface area contributed by atoms with Gasteiger partial charge in [-0.05, 0) is 91.6 Å². The van der Waals surface area contributed by atoms with E-state index in [9.17, 15) is 39.6 Å². The number of carbonyl (C=O) groups excluding carboxylic acids is 3. The minimum atomic E-state index is -3.77. The van der Waals surface area contributed by atoms with Crippen molar-refractivity contribution in [1.82, 2.24) is 17.9 Å². The summed E-state index contributed by atoms with van der Waals surface area (Å²) in [5.74, 6) is -1.79. The van der Waals surface area contributed by atoms with Crippen LogP contribution in [0.15, 0.2) is 93.8 Å². The van der Waals surface area contributed by atoms with Crippen molar-refractivity contribution >= 4 is 134 Å². The summed E-state index contributed by atoms with van der Waals surface area (Å²) in [5, 5.41) is 16.3. The molecule has 1 aromatic heterocycles. The molecule has 68 heavy (non-hydrogen) atoms. The highest BCUT2D eigenvalue weighted by Gasteiger charge is 2.47. The normalized spacial score (nSPS) is 18.9. The molecule has 3 amide bonds. The number of halogens is 6. The van der Waals surface area contributed by atoms with Gasteiger partial charge in [-0.15, -0.1) is 0 Å². The molecule has 368 valence electrons. The number of hydrogen-bond donors (Lipinski definition) is 4. The van der Waals surface area contributed by atoms with E-state index in [-0.39, 0.29) is 50.6 Å². The molecule has 5 heterocycles. The number of sulfonamides is 3. The van der Waals surface area contributed by atoms with E-state index in [0.717, 1.165) is 22.7 Å². The van der Waals surface area contributed by atoms with Crippen molar-refractivity contribution in [2.45, 2.75) is 53.0 Å². The average molecular weight is 1120 g/mol. The van der Waals surface area contributed by atoms with Crippen molar-refractivity contribution in [2.75, 3.05) is 70.0 Å². The van der Waals surface area contributed by atoms with Gasteiger partial charge in [0.05, 0.1) is 27.9 Å². The largest absolute Gasteiger partial charge is 0.395 e. The highest BCUT2D eigenvalue weighted by molar-refractivity contribution is 7.89. The molecule has 0 bridgehead atoms. The molecule has 0 aliphatic carbocycles. The molecular weight excluding hydrogens is 1080 g/mol. The van der Waals surface area contributed by atoms with Gasteiger partial charge in [-0.2, -0.15) is 8.61 Å². The van der Waals surface area contributed by atoms with Crippen LogP contribution in [0.25, 0.3) is 0 Å². The van der Waals surface area contributed by atoms with Gasteiger partial charge in [0, 0.05) is 93.0 Å².